The molecule has 2 bridgehead atoms. The van der Waals surface area contributed by atoms with Crippen LogP contribution >= 0.6 is 0 Å². The first-order valence-electron chi connectivity index (χ1n) is 20.0. The molecule has 3 saturated heterocycles. The number of carbonyl (C=O) groups excluding carboxylic acids is 1. The van der Waals surface area contributed by atoms with Crippen LogP contribution < -0.4 is 21.3 Å². The Bertz CT molecular complexity index is 2440. The number of hydrogen-bond donors (Lipinski definition) is 1. The van der Waals surface area contributed by atoms with E-state index in [9.17, 15) is 14.4 Å². The third-order valence-corrected chi connectivity index (χ3v) is 11.9. The minimum Gasteiger partial charge on any atom is -0.365 e. The van der Waals surface area contributed by atoms with Gasteiger partial charge in [-0.15, -0.1) is 0 Å². The molecule has 57 heavy (non-hydrogen) atoms. The first kappa shape index (κ1) is 39.8. The van der Waals surface area contributed by atoms with Crippen molar-refractivity contribution in [3.63, 3.8) is 0 Å². The number of fused-ring (bicyclic) bond motifs is 5. The summed E-state index contributed by atoms with van der Waals surface area (Å²) in [6.45, 7) is 18.8. The Hall–Kier alpha value is -5.39. The number of rotatable bonds is 5. The van der Waals surface area contributed by atoms with E-state index in [0.29, 0.717) is 51.6 Å². The molecular formula is C45H55FN8O3. The Morgan fingerprint density at radius 2 is 1.65 bits per heavy atom. The highest BCUT2D eigenvalue weighted by Gasteiger charge is 2.36. The second kappa shape index (κ2) is 15.2. The molecule has 0 spiro atoms. The van der Waals surface area contributed by atoms with Crippen LogP contribution in [-0.2, 0) is 17.3 Å². The van der Waals surface area contributed by atoms with Crippen molar-refractivity contribution < 1.29 is 9.18 Å². The van der Waals surface area contributed by atoms with Crippen LogP contribution in [0.15, 0.2) is 70.5 Å². The van der Waals surface area contributed by atoms with Crippen molar-refractivity contribution in [2.24, 2.45) is 24.3 Å². The Morgan fingerprint density at radius 1 is 0.895 bits per heavy atom. The first-order chi connectivity index (χ1) is 26.9. The van der Waals surface area contributed by atoms with Crippen molar-refractivity contribution in [2.75, 3.05) is 29.9 Å². The minimum atomic E-state index is -0.585. The van der Waals surface area contributed by atoms with Crippen LogP contribution in [0, 0.1) is 30.0 Å². The summed E-state index contributed by atoms with van der Waals surface area (Å²) in [5.41, 5.74) is 3.81. The van der Waals surface area contributed by atoms with E-state index in [1.54, 1.807) is 32.2 Å². The number of piperidine rings is 1. The van der Waals surface area contributed by atoms with Gasteiger partial charge in [0.15, 0.2) is 0 Å². The summed E-state index contributed by atoms with van der Waals surface area (Å²) in [5.74, 6) is 1.51. The van der Waals surface area contributed by atoms with E-state index in [1.807, 2.05) is 63.1 Å². The van der Waals surface area contributed by atoms with Gasteiger partial charge in [0.25, 0.3) is 11.1 Å². The lowest BCUT2D eigenvalue weighted by molar-refractivity contribution is -0.129. The second-order valence-electron chi connectivity index (χ2n) is 18.2. The Labute approximate surface area is 333 Å². The zero-order chi connectivity index (χ0) is 41.0. The zero-order valence-corrected chi connectivity index (χ0v) is 34.7. The quantitative estimate of drug-likeness (QED) is 0.192. The topological polar surface area (TPSA) is 118 Å². The van der Waals surface area contributed by atoms with Gasteiger partial charge < -0.3 is 15.1 Å². The molecule has 2 aromatic carbocycles. The van der Waals surface area contributed by atoms with Crippen molar-refractivity contribution in [1.29, 1.82) is 0 Å². The molecule has 3 aromatic heterocycles. The van der Waals surface area contributed by atoms with Crippen LogP contribution in [0.25, 0.3) is 27.7 Å². The summed E-state index contributed by atoms with van der Waals surface area (Å²) < 4.78 is 17.9. The van der Waals surface area contributed by atoms with Crippen LogP contribution in [0.3, 0.4) is 0 Å². The molecule has 11 nitrogen and oxygen atoms in total. The van der Waals surface area contributed by atoms with E-state index in [4.69, 9.17) is 0 Å². The number of benzene rings is 2. The highest BCUT2D eigenvalue weighted by atomic mass is 19.1. The zero-order valence-electron chi connectivity index (χ0n) is 34.7. The van der Waals surface area contributed by atoms with Crippen molar-refractivity contribution >= 4 is 33.9 Å². The molecule has 1 N–H and O–H groups in total. The van der Waals surface area contributed by atoms with E-state index >= 15 is 4.39 Å². The van der Waals surface area contributed by atoms with Gasteiger partial charge in [-0.2, -0.15) is 14.9 Å². The van der Waals surface area contributed by atoms with Crippen molar-refractivity contribution in [2.45, 2.75) is 92.5 Å². The van der Waals surface area contributed by atoms with Gasteiger partial charge in [0.05, 0.1) is 34.8 Å². The number of nitrogens with zero attached hydrogens (tertiary/aromatic N) is 7. The van der Waals surface area contributed by atoms with Gasteiger partial charge in [0.1, 0.15) is 17.3 Å². The van der Waals surface area contributed by atoms with E-state index in [1.165, 1.54) is 34.5 Å². The summed E-state index contributed by atoms with van der Waals surface area (Å²) in [4.78, 5) is 47.9. The molecular weight excluding hydrogens is 720 g/mol. The third kappa shape index (κ3) is 8.36. The van der Waals surface area contributed by atoms with Crippen LogP contribution in [0.2, 0.25) is 0 Å². The molecule has 2 atom stereocenters. The average Bonchev–Trinajstić information content (AvgIpc) is 4.03. The summed E-state index contributed by atoms with van der Waals surface area (Å²) in [7, 11) is 1.58. The van der Waals surface area contributed by atoms with Gasteiger partial charge in [-0.05, 0) is 103 Å². The Kier molecular flexibility index (Phi) is 10.6. The standard InChI is InChI=1S/C38H41FN8O3.C7H14/c1-22-29(8-7-9-33(22)47-37(50)35-25(17-41-47)14-26(15-30(35)39)38(3,4)5)31-16-32(36(49)44(6)43-31)42-34-13-12-27(18-40-34)46-20-24-10-11-28(46)21-45(19-24)23(2)48;1-7(2,3)6-4-5-6/h7-9,12-18,24,28H,10-11,19-21H2,1-6H3,(H,40,42);6H,4-5H2,1-3H3. The molecule has 6 heterocycles. The SMILES string of the molecule is CC(=O)N1CC2CCC(C1)N(c1ccc(Nc3cc(-c4cccc(-n5ncc6cc(C(C)(C)C)cc(F)c6c5=O)c4C)nn(C)c3=O)nc1)C2.CC(C)(C)C1CC1. The third-order valence-electron chi connectivity index (χ3n) is 11.9. The van der Waals surface area contributed by atoms with Gasteiger partial charge in [0.2, 0.25) is 5.91 Å². The smallest absolute Gasteiger partial charge is 0.290 e. The van der Waals surface area contributed by atoms with Gasteiger partial charge in [-0.25, -0.2) is 14.1 Å². The largest absolute Gasteiger partial charge is 0.365 e. The van der Waals surface area contributed by atoms with Gasteiger partial charge in [0, 0.05) is 50.6 Å². The number of aryl methyl sites for hydroxylation is 1. The van der Waals surface area contributed by atoms with Crippen molar-refractivity contribution in [1.82, 2.24) is 29.4 Å². The first-order valence-corrected chi connectivity index (χ1v) is 20.0. The number of halogens is 1. The average molecular weight is 775 g/mol. The molecule has 9 rings (SSSR count). The Morgan fingerprint density at radius 3 is 2.28 bits per heavy atom. The number of nitrogens with one attached hydrogen (secondary N) is 1. The van der Waals surface area contributed by atoms with Gasteiger partial charge in [-0.3, -0.25) is 14.4 Å². The maximum absolute atomic E-state index is 15.4. The number of pyridine rings is 1. The fraction of sp³-hybridized carbons (Fsp3) is 0.467. The summed E-state index contributed by atoms with van der Waals surface area (Å²) in [6, 6.07) is 14.4. The maximum Gasteiger partial charge on any atom is 0.290 e. The van der Waals surface area contributed by atoms with Crippen molar-refractivity contribution in [3.05, 3.63) is 98.6 Å². The molecule has 3 aliphatic heterocycles. The van der Waals surface area contributed by atoms with E-state index in [0.717, 1.165) is 43.1 Å². The molecule has 1 amide bonds. The van der Waals surface area contributed by atoms with Crippen molar-refractivity contribution in [3.8, 4) is 16.9 Å². The predicted molar refractivity (Wildman–Crippen MR) is 225 cm³/mol. The minimum absolute atomic E-state index is 0.0237. The number of anilines is 3. The molecule has 2 unspecified atom stereocenters. The van der Waals surface area contributed by atoms with E-state index in [-0.39, 0.29) is 34.0 Å². The normalized spacial score (nSPS) is 18.3. The molecule has 1 saturated carbocycles. The van der Waals surface area contributed by atoms with Crippen LogP contribution in [0.5, 0.6) is 0 Å². The summed E-state index contributed by atoms with van der Waals surface area (Å²) in [6.07, 6.45) is 8.42. The molecule has 0 radical (unpaired) electrons. The monoisotopic (exact) mass is 774 g/mol. The number of amides is 1. The number of aromatic nitrogens is 5. The Balaban J connectivity index is 0.000000641. The highest BCUT2D eigenvalue weighted by Crippen LogP contribution is 2.44. The molecule has 1 aliphatic carbocycles. The molecule has 4 fully saturated rings. The summed E-state index contributed by atoms with van der Waals surface area (Å²) >= 11 is 0. The van der Waals surface area contributed by atoms with E-state index in [2.05, 4.69) is 46.2 Å². The fourth-order valence-electron chi connectivity index (χ4n) is 8.17. The molecule has 4 aliphatic rings. The van der Waals surface area contributed by atoms with Crippen LogP contribution in [0.4, 0.5) is 21.6 Å². The highest BCUT2D eigenvalue weighted by molar-refractivity contribution is 5.83. The summed E-state index contributed by atoms with van der Waals surface area (Å²) in [5, 5.41) is 12.6. The lowest BCUT2D eigenvalue weighted by Crippen LogP contribution is -2.44. The lowest BCUT2D eigenvalue weighted by Gasteiger charge is -2.37. The van der Waals surface area contributed by atoms with Gasteiger partial charge >= 0.3 is 0 Å². The second-order valence-corrected chi connectivity index (χ2v) is 18.2. The fourth-order valence-corrected chi connectivity index (χ4v) is 8.17. The molecule has 300 valence electrons. The predicted octanol–water partition coefficient (Wildman–Crippen LogP) is 7.92. The lowest BCUT2D eigenvalue weighted by atomic mass is 9.86. The van der Waals surface area contributed by atoms with Gasteiger partial charge in [-0.1, -0.05) is 53.7 Å². The van der Waals surface area contributed by atoms with Crippen LogP contribution in [0.1, 0.15) is 85.3 Å². The maximum atomic E-state index is 15.4. The number of carbonyl (C=O) groups is 1. The van der Waals surface area contributed by atoms with E-state index < -0.39 is 11.4 Å². The number of hydrogen-bond acceptors (Lipinski definition) is 8. The molecule has 5 aromatic rings. The molecule has 12 heteroatoms. The van der Waals surface area contributed by atoms with Crippen LogP contribution in [-0.4, -0.2) is 61.0 Å².